The fraction of sp³-hybridized carbons (Fsp3) is 1.00. The van der Waals surface area contributed by atoms with Gasteiger partial charge in [0.25, 0.3) is 0 Å². The van der Waals surface area contributed by atoms with Crippen molar-refractivity contribution in [2.75, 3.05) is 33.5 Å². The van der Waals surface area contributed by atoms with Crippen molar-refractivity contribution in [3.8, 4) is 0 Å². The summed E-state index contributed by atoms with van der Waals surface area (Å²) in [4.78, 5) is 0. The van der Waals surface area contributed by atoms with Crippen molar-refractivity contribution in [1.29, 1.82) is 0 Å². The number of aliphatic hydroxyl groups excluding tert-OH is 5. The molecule has 0 aromatic heterocycles. The Morgan fingerprint density at radius 3 is 2.07 bits per heavy atom. The molecule has 0 unspecified atom stereocenters. The number of hydrogen-bond acceptors (Lipinski definition) is 12. The molecule has 3 fully saturated rings. The van der Waals surface area contributed by atoms with Crippen LogP contribution in [0.4, 0.5) is 0 Å². The average molecular weight is 440 g/mol. The van der Waals surface area contributed by atoms with Crippen LogP contribution in [0.2, 0.25) is 0 Å². The minimum atomic E-state index is -1.51. The molecule has 3 aliphatic heterocycles. The van der Waals surface area contributed by atoms with Crippen molar-refractivity contribution in [3.63, 3.8) is 0 Å². The summed E-state index contributed by atoms with van der Waals surface area (Å²) in [6, 6.07) is 0. The number of fused-ring (bicyclic) bond motifs is 1. The first kappa shape index (κ1) is 24.2. The highest BCUT2D eigenvalue weighted by molar-refractivity contribution is 4.98. The molecular formula is C18H32O12. The van der Waals surface area contributed by atoms with E-state index in [1.165, 1.54) is 7.11 Å². The highest BCUT2D eigenvalue weighted by Gasteiger charge is 2.56. The summed E-state index contributed by atoms with van der Waals surface area (Å²) >= 11 is 0. The summed E-state index contributed by atoms with van der Waals surface area (Å²) in [5.74, 6) is -0.994. The fourth-order valence-electron chi connectivity index (χ4n) is 3.87. The molecule has 0 radical (unpaired) electrons. The third-order valence-corrected chi connectivity index (χ3v) is 5.32. The third-order valence-electron chi connectivity index (χ3n) is 5.32. The maximum atomic E-state index is 10.7. The summed E-state index contributed by atoms with van der Waals surface area (Å²) in [5, 5.41) is 51.0. The predicted molar refractivity (Wildman–Crippen MR) is 96.0 cm³/mol. The molecule has 0 aromatic rings. The van der Waals surface area contributed by atoms with Crippen LogP contribution in [0.3, 0.4) is 0 Å². The highest BCUT2D eigenvalue weighted by atomic mass is 16.8. The van der Waals surface area contributed by atoms with E-state index >= 15 is 0 Å². The topological polar surface area (TPSA) is 166 Å². The summed E-state index contributed by atoms with van der Waals surface area (Å²) in [6.07, 6.45) is -11.6. The molecule has 3 saturated heterocycles. The van der Waals surface area contributed by atoms with Gasteiger partial charge in [0.1, 0.15) is 48.8 Å². The van der Waals surface area contributed by atoms with Gasteiger partial charge in [0, 0.05) is 7.11 Å². The normalized spacial score (nSPS) is 46.0. The number of hydrogen-bond donors (Lipinski definition) is 5. The molecule has 0 spiro atoms. The summed E-state index contributed by atoms with van der Waals surface area (Å²) in [6.45, 7) is 2.72. The fourth-order valence-corrected chi connectivity index (χ4v) is 3.87. The largest absolute Gasteiger partial charge is 0.394 e. The van der Waals surface area contributed by atoms with Crippen LogP contribution in [0.1, 0.15) is 13.8 Å². The number of aliphatic hydroxyl groups is 5. The Bertz CT molecular complexity index is 545. The zero-order valence-corrected chi connectivity index (χ0v) is 17.2. The first-order valence-electron chi connectivity index (χ1n) is 9.91. The standard InChI is InChI=1S/C18H32O12/c1-18(2)29-14-9(7-20)27-17(12(23)15(14)30-18)28-13-8(6-19)26-16(11(22)10(13)21)25-5-4-24-3/h8-17,19-23H,4-7H2,1-3H3/t8-,9-,10-,11-,12-,13-,14+,15-,16-,17+/m1/s1. The van der Waals surface area contributed by atoms with Crippen molar-refractivity contribution >= 4 is 0 Å². The van der Waals surface area contributed by atoms with E-state index in [1.807, 2.05) is 0 Å². The second-order valence-electron chi connectivity index (χ2n) is 7.95. The molecular weight excluding hydrogens is 408 g/mol. The SMILES string of the molecule is COCCO[C@@H]1O[C@H](CO)[C@@H](O[C@@H]2O[C@H](CO)[C@@H]3OC(C)(C)O[C@@H]3[C@H]2O)[C@H](O)[C@H]1O. The van der Waals surface area contributed by atoms with E-state index in [2.05, 4.69) is 0 Å². The molecule has 0 saturated carbocycles. The van der Waals surface area contributed by atoms with Crippen molar-refractivity contribution in [3.05, 3.63) is 0 Å². The lowest BCUT2D eigenvalue weighted by Crippen LogP contribution is -2.64. The molecule has 12 heteroatoms. The molecule has 0 amide bonds. The Morgan fingerprint density at radius 1 is 0.800 bits per heavy atom. The molecule has 0 bridgehead atoms. The summed E-state index contributed by atoms with van der Waals surface area (Å²) in [7, 11) is 1.48. The van der Waals surface area contributed by atoms with E-state index in [0.29, 0.717) is 0 Å². The van der Waals surface area contributed by atoms with Crippen LogP contribution < -0.4 is 0 Å². The van der Waals surface area contributed by atoms with E-state index in [9.17, 15) is 25.5 Å². The van der Waals surface area contributed by atoms with Crippen molar-refractivity contribution < 1.29 is 58.7 Å². The second-order valence-corrected chi connectivity index (χ2v) is 7.95. The van der Waals surface area contributed by atoms with Gasteiger partial charge < -0.3 is 58.7 Å². The molecule has 3 aliphatic rings. The van der Waals surface area contributed by atoms with Crippen LogP contribution in [0.15, 0.2) is 0 Å². The van der Waals surface area contributed by atoms with Crippen LogP contribution in [-0.2, 0) is 33.2 Å². The maximum Gasteiger partial charge on any atom is 0.187 e. The first-order valence-corrected chi connectivity index (χ1v) is 9.91. The number of ether oxygens (including phenoxy) is 7. The van der Waals surface area contributed by atoms with E-state index in [-0.39, 0.29) is 13.2 Å². The highest BCUT2D eigenvalue weighted by Crippen LogP contribution is 2.38. The minimum Gasteiger partial charge on any atom is -0.394 e. The van der Waals surface area contributed by atoms with Gasteiger partial charge in [0.15, 0.2) is 18.4 Å². The molecule has 176 valence electrons. The minimum absolute atomic E-state index is 0.105. The van der Waals surface area contributed by atoms with Gasteiger partial charge in [-0.2, -0.15) is 0 Å². The maximum absolute atomic E-state index is 10.7. The monoisotopic (exact) mass is 440 g/mol. The van der Waals surface area contributed by atoms with Crippen LogP contribution in [0, 0.1) is 0 Å². The van der Waals surface area contributed by atoms with Gasteiger partial charge in [-0.05, 0) is 13.8 Å². The van der Waals surface area contributed by atoms with Crippen molar-refractivity contribution in [1.82, 2.24) is 0 Å². The van der Waals surface area contributed by atoms with E-state index in [4.69, 9.17) is 33.2 Å². The lowest BCUT2D eigenvalue weighted by atomic mass is 9.97. The Labute approximate surface area is 174 Å². The second kappa shape index (κ2) is 9.98. The van der Waals surface area contributed by atoms with Gasteiger partial charge in [0.05, 0.1) is 26.4 Å². The van der Waals surface area contributed by atoms with Gasteiger partial charge >= 0.3 is 0 Å². The Morgan fingerprint density at radius 2 is 1.43 bits per heavy atom. The summed E-state index contributed by atoms with van der Waals surface area (Å²) < 4.78 is 38.5. The Kier molecular flexibility index (Phi) is 8.04. The van der Waals surface area contributed by atoms with Gasteiger partial charge in [-0.15, -0.1) is 0 Å². The molecule has 12 nitrogen and oxygen atoms in total. The smallest absolute Gasteiger partial charge is 0.187 e. The van der Waals surface area contributed by atoms with Gasteiger partial charge in [-0.1, -0.05) is 0 Å². The van der Waals surface area contributed by atoms with Crippen LogP contribution in [-0.4, -0.2) is 126 Å². The van der Waals surface area contributed by atoms with Crippen molar-refractivity contribution in [2.45, 2.75) is 81.0 Å². The molecule has 10 atom stereocenters. The quantitative estimate of drug-likeness (QED) is 0.244. The van der Waals surface area contributed by atoms with Crippen LogP contribution >= 0.6 is 0 Å². The summed E-state index contributed by atoms with van der Waals surface area (Å²) in [5.41, 5.74) is 0. The molecule has 30 heavy (non-hydrogen) atoms. The zero-order chi connectivity index (χ0) is 22.1. The third kappa shape index (κ3) is 4.95. The van der Waals surface area contributed by atoms with E-state index < -0.39 is 80.4 Å². The predicted octanol–water partition coefficient (Wildman–Crippen LogP) is -2.93. The van der Waals surface area contributed by atoms with Crippen molar-refractivity contribution in [2.24, 2.45) is 0 Å². The molecule has 3 heterocycles. The van der Waals surface area contributed by atoms with E-state index in [0.717, 1.165) is 0 Å². The number of rotatable bonds is 8. The lowest BCUT2D eigenvalue weighted by Gasteiger charge is -2.45. The Hall–Kier alpha value is -0.480. The average Bonchev–Trinajstić information content (AvgIpc) is 3.04. The van der Waals surface area contributed by atoms with Crippen LogP contribution in [0.5, 0.6) is 0 Å². The number of methoxy groups -OCH3 is 1. The first-order chi connectivity index (χ1) is 14.2. The van der Waals surface area contributed by atoms with Gasteiger partial charge in [0.2, 0.25) is 0 Å². The molecule has 5 N–H and O–H groups in total. The molecule has 3 rings (SSSR count). The van der Waals surface area contributed by atoms with E-state index in [1.54, 1.807) is 13.8 Å². The zero-order valence-electron chi connectivity index (χ0n) is 17.2. The molecule has 0 aromatic carbocycles. The Balaban J connectivity index is 1.69. The van der Waals surface area contributed by atoms with Gasteiger partial charge in [-0.25, -0.2) is 0 Å². The van der Waals surface area contributed by atoms with Gasteiger partial charge in [-0.3, -0.25) is 0 Å². The van der Waals surface area contributed by atoms with Crippen LogP contribution in [0.25, 0.3) is 0 Å². The molecule has 0 aliphatic carbocycles. The lowest BCUT2D eigenvalue weighted by molar-refractivity contribution is -0.353.